The molecule has 6 nitrogen and oxygen atoms in total. The summed E-state index contributed by atoms with van der Waals surface area (Å²) >= 11 is 1.32. The zero-order valence-corrected chi connectivity index (χ0v) is 21.3. The first-order valence-electron chi connectivity index (χ1n) is 12.6. The van der Waals surface area contributed by atoms with Gasteiger partial charge in [-0.3, -0.25) is 4.79 Å². The molecule has 7 heteroatoms. The number of carbonyl (C=O) groups is 2. The largest absolute Gasteiger partial charge is 0.477 e. The molecule has 1 amide bonds. The Hall–Kier alpha value is -1.44. The van der Waals surface area contributed by atoms with Crippen LogP contribution in [-0.2, 0) is 19.7 Å². The van der Waals surface area contributed by atoms with E-state index < -0.39 is 5.97 Å². The van der Waals surface area contributed by atoms with Crippen molar-refractivity contribution >= 4 is 28.9 Å². The molecule has 1 saturated heterocycles. The van der Waals surface area contributed by atoms with Crippen LogP contribution in [0.4, 0.5) is 5.69 Å². The zero-order valence-electron chi connectivity index (χ0n) is 20.5. The van der Waals surface area contributed by atoms with Crippen LogP contribution in [0.2, 0.25) is 0 Å². The minimum absolute atomic E-state index is 0.0121. The van der Waals surface area contributed by atoms with Crippen molar-refractivity contribution in [1.82, 2.24) is 0 Å². The van der Waals surface area contributed by atoms with Gasteiger partial charge in [0, 0.05) is 16.8 Å². The SMILES string of the molecule is CC1CCC(C(=O)N(c2cc(C(C)(C)C)sc2C(=O)O)C2CCC(OC3COC3)CC2)CC1. The average molecular weight is 478 g/mol. The second-order valence-electron chi connectivity index (χ2n) is 11.3. The molecule has 2 heterocycles. The molecule has 4 rings (SSSR count). The van der Waals surface area contributed by atoms with Gasteiger partial charge in [0.2, 0.25) is 5.91 Å². The highest BCUT2D eigenvalue weighted by atomic mass is 32.1. The summed E-state index contributed by atoms with van der Waals surface area (Å²) in [6.45, 7) is 9.89. The number of thiophene rings is 1. The molecule has 0 unspecified atom stereocenters. The molecule has 0 aromatic carbocycles. The van der Waals surface area contributed by atoms with Gasteiger partial charge < -0.3 is 19.5 Å². The van der Waals surface area contributed by atoms with E-state index in [9.17, 15) is 14.7 Å². The smallest absolute Gasteiger partial charge is 0.348 e. The van der Waals surface area contributed by atoms with E-state index in [1.54, 1.807) is 0 Å². The van der Waals surface area contributed by atoms with Gasteiger partial charge in [0.15, 0.2) is 0 Å². The first-order valence-corrected chi connectivity index (χ1v) is 13.4. The van der Waals surface area contributed by atoms with Crippen molar-refractivity contribution in [1.29, 1.82) is 0 Å². The number of hydrogen-bond acceptors (Lipinski definition) is 5. The second-order valence-corrected chi connectivity index (χ2v) is 12.3. The lowest BCUT2D eigenvalue weighted by Crippen LogP contribution is -2.48. The van der Waals surface area contributed by atoms with E-state index in [4.69, 9.17) is 9.47 Å². The highest BCUT2D eigenvalue weighted by Crippen LogP contribution is 2.42. The molecule has 3 aliphatic rings. The van der Waals surface area contributed by atoms with Crippen molar-refractivity contribution < 1.29 is 24.2 Å². The minimum Gasteiger partial charge on any atom is -0.477 e. The van der Waals surface area contributed by atoms with Crippen molar-refractivity contribution in [3.8, 4) is 0 Å². The zero-order chi connectivity index (χ0) is 23.8. The van der Waals surface area contributed by atoms with Gasteiger partial charge in [-0.2, -0.15) is 0 Å². The Morgan fingerprint density at radius 1 is 1.03 bits per heavy atom. The van der Waals surface area contributed by atoms with Crippen LogP contribution in [0.3, 0.4) is 0 Å². The van der Waals surface area contributed by atoms with E-state index in [-0.39, 0.29) is 35.5 Å². The summed E-state index contributed by atoms with van der Waals surface area (Å²) in [4.78, 5) is 29.4. The van der Waals surface area contributed by atoms with Crippen molar-refractivity contribution in [3.63, 3.8) is 0 Å². The van der Waals surface area contributed by atoms with Crippen LogP contribution >= 0.6 is 11.3 Å². The van der Waals surface area contributed by atoms with Crippen molar-refractivity contribution in [2.45, 2.75) is 103 Å². The Kier molecular flexibility index (Phi) is 7.51. The van der Waals surface area contributed by atoms with Crippen LogP contribution in [0.1, 0.15) is 93.6 Å². The molecule has 3 fully saturated rings. The molecule has 0 atom stereocenters. The summed E-state index contributed by atoms with van der Waals surface area (Å²) in [5.41, 5.74) is 0.441. The number of rotatable bonds is 6. The molecule has 1 aromatic heterocycles. The van der Waals surface area contributed by atoms with Crippen molar-refractivity contribution in [2.24, 2.45) is 11.8 Å². The number of carboxylic acid groups (broad SMARTS) is 1. The van der Waals surface area contributed by atoms with Gasteiger partial charge >= 0.3 is 5.97 Å². The normalized spacial score (nSPS) is 28.8. The number of aromatic carboxylic acids is 1. The van der Waals surface area contributed by atoms with Gasteiger partial charge in [-0.25, -0.2) is 4.79 Å². The van der Waals surface area contributed by atoms with E-state index >= 15 is 0 Å². The third-order valence-electron chi connectivity index (χ3n) is 7.51. The Balaban J connectivity index is 1.60. The third kappa shape index (κ3) is 5.63. The Bertz CT molecular complexity index is 839. The lowest BCUT2D eigenvalue weighted by atomic mass is 9.81. The van der Waals surface area contributed by atoms with Gasteiger partial charge in [-0.05, 0) is 68.8 Å². The summed E-state index contributed by atoms with van der Waals surface area (Å²) in [6, 6.07) is 2.00. The predicted molar refractivity (Wildman–Crippen MR) is 130 cm³/mol. The van der Waals surface area contributed by atoms with Gasteiger partial charge in [0.05, 0.1) is 25.0 Å². The highest BCUT2D eigenvalue weighted by molar-refractivity contribution is 7.14. The Morgan fingerprint density at radius 3 is 2.18 bits per heavy atom. The van der Waals surface area contributed by atoms with E-state index in [1.165, 1.54) is 11.3 Å². The monoisotopic (exact) mass is 477 g/mol. The topological polar surface area (TPSA) is 76.1 Å². The van der Waals surface area contributed by atoms with E-state index in [2.05, 4.69) is 27.7 Å². The number of hydrogen-bond donors (Lipinski definition) is 1. The molecule has 2 aliphatic carbocycles. The summed E-state index contributed by atoms with van der Waals surface area (Å²) in [5, 5.41) is 10.0. The standard InChI is InChI=1S/C26H39NO5S/c1-16-5-7-17(8-6-16)24(28)27(18-9-11-19(12-10-18)32-20-14-31-15-20)21-13-22(26(2,3)4)33-23(21)25(29)30/h13,16-20H,5-12,14-15H2,1-4H3,(H,29,30). The molecule has 33 heavy (non-hydrogen) atoms. The summed E-state index contributed by atoms with van der Waals surface area (Å²) < 4.78 is 11.4. The van der Waals surface area contributed by atoms with Crippen LogP contribution in [0.25, 0.3) is 0 Å². The lowest BCUT2D eigenvalue weighted by Gasteiger charge is -2.40. The number of carboxylic acids is 1. The third-order valence-corrected chi connectivity index (χ3v) is 9.05. The number of anilines is 1. The number of carbonyl (C=O) groups excluding carboxylic acids is 1. The number of amides is 1. The van der Waals surface area contributed by atoms with Gasteiger partial charge in [0.1, 0.15) is 11.0 Å². The van der Waals surface area contributed by atoms with Crippen molar-refractivity contribution in [3.05, 3.63) is 15.8 Å². The second kappa shape index (κ2) is 10.0. The van der Waals surface area contributed by atoms with Gasteiger partial charge in [-0.15, -0.1) is 11.3 Å². The summed E-state index contributed by atoms with van der Waals surface area (Å²) in [5.74, 6) is -0.169. The summed E-state index contributed by atoms with van der Waals surface area (Å²) in [6.07, 6.45) is 7.81. The predicted octanol–water partition coefficient (Wildman–Crippen LogP) is 5.63. The van der Waals surface area contributed by atoms with Crippen molar-refractivity contribution in [2.75, 3.05) is 18.1 Å². The molecule has 0 spiro atoms. The molecule has 184 valence electrons. The van der Waals surface area contributed by atoms with Crippen LogP contribution < -0.4 is 4.90 Å². The van der Waals surface area contributed by atoms with Crippen LogP contribution in [0.15, 0.2) is 6.07 Å². The fourth-order valence-corrected chi connectivity index (χ4v) is 6.33. The first-order chi connectivity index (χ1) is 15.6. The van der Waals surface area contributed by atoms with E-state index in [0.717, 1.165) is 56.2 Å². The quantitative estimate of drug-likeness (QED) is 0.575. The van der Waals surface area contributed by atoms with Crippen LogP contribution in [0.5, 0.6) is 0 Å². The Labute approximate surface area is 201 Å². The lowest BCUT2D eigenvalue weighted by molar-refractivity contribution is -0.160. The van der Waals surface area contributed by atoms with Gasteiger partial charge in [-0.1, -0.05) is 27.7 Å². The molecule has 0 radical (unpaired) electrons. The maximum atomic E-state index is 13.9. The highest BCUT2D eigenvalue weighted by Gasteiger charge is 2.39. The number of ether oxygens (including phenoxy) is 2. The molecular weight excluding hydrogens is 438 g/mol. The molecule has 1 aromatic rings. The molecule has 1 aliphatic heterocycles. The van der Waals surface area contributed by atoms with Crippen LogP contribution in [-0.4, -0.2) is 48.4 Å². The maximum absolute atomic E-state index is 13.9. The molecule has 2 saturated carbocycles. The minimum atomic E-state index is -0.942. The maximum Gasteiger partial charge on any atom is 0.348 e. The average Bonchev–Trinajstić information content (AvgIpc) is 3.18. The van der Waals surface area contributed by atoms with E-state index in [1.807, 2.05) is 11.0 Å². The first kappa shape index (κ1) is 24.7. The molecular formula is C26H39NO5S. The molecule has 1 N–H and O–H groups in total. The number of nitrogens with zero attached hydrogens (tertiary/aromatic N) is 1. The van der Waals surface area contributed by atoms with E-state index in [0.29, 0.717) is 29.7 Å². The van der Waals surface area contributed by atoms with Crippen LogP contribution in [0, 0.1) is 11.8 Å². The summed E-state index contributed by atoms with van der Waals surface area (Å²) in [7, 11) is 0. The fourth-order valence-electron chi connectivity index (χ4n) is 5.29. The van der Waals surface area contributed by atoms with Gasteiger partial charge in [0.25, 0.3) is 0 Å². The fraction of sp³-hybridized carbons (Fsp3) is 0.769. The molecule has 0 bridgehead atoms. The Morgan fingerprint density at radius 2 is 1.67 bits per heavy atom.